The number of nitrogens with one attached hydrogen (secondary N) is 1. The summed E-state index contributed by atoms with van der Waals surface area (Å²) in [6.07, 6.45) is 1.63. The number of carbonyl (C=O) groups is 1. The number of nitrogens with zero attached hydrogens (tertiary/aromatic N) is 2. The third-order valence-corrected chi connectivity index (χ3v) is 4.00. The Hall–Kier alpha value is -1.45. The van der Waals surface area contributed by atoms with E-state index in [2.05, 4.69) is 10.3 Å². The van der Waals surface area contributed by atoms with Crippen LogP contribution in [0.4, 0.5) is 8.78 Å². The zero-order valence-electron chi connectivity index (χ0n) is 14.4. The molecule has 1 heterocycles. The maximum atomic E-state index is 13.7. The lowest BCUT2D eigenvalue weighted by atomic mass is 9.98. The molecule has 0 saturated carbocycles. The molecule has 0 radical (unpaired) electrons. The van der Waals surface area contributed by atoms with Crippen molar-refractivity contribution in [1.82, 2.24) is 10.2 Å². The Kier molecular flexibility index (Phi) is 9.09. The van der Waals surface area contributed by atoms with Gasteiger partial charge in [-0.2, -0.15) is 0 Å². The summed E-state index contributed by atoms with van der Waals surface area (Å²) in [5.41, 5.74) is 0.232. The lowest BCUT2D eigenvalue weighted by molar-refractivity contribution is -0.149. The van der Waals surface area contributed by atoms with Gasteiger partial charge in [-0.15, -0.1) is 24.0 Å². The third kappa shape index (κ3) is 6.09. The highest BCUT2D eigenvalue weighted by atomic mass is 127. The van der Waals surface area contributed by atoms with Crippen molar-refractivity contribution in [1.29, 1.82) is 0 Å². The van der Waals surface area contributed by atoms with Gasteiger partial charge in [0.15, 0.2) is 5.96 Å². The molecule has 1 atom stereocenters. The minimum Gasteiger partial charge on any atom is -0.466 e. The van der Waals surface area contributed by atoms with Crippen molar-refractivity contribution in [2.24, 2.45) is 10.9 Å². The van der Waals surface area contributed by atoms with Gasteiger partial charge in [0.05, 0.1) is 12.5 Å². The van der Waals surface area contributed by atoms with Gasteiger partial charge >= 0.3 is 5.97 Å². The van der Waals surface area contributed by atoms with Crippen molar-refractivity contribution in [3.63, 3.8) is 0 Å². The van der Waals surface area contributed by atoms with Crippen LogP contribution in [0, 0.1) is 17.6 Å². The van der Waals surface area contributed by atoms with E-state index in [0.29, 0.717) is 19.1 Å². The fourth-order valence-electron chi connectivity index (χ4n) is 2.81. The average Bonchev–Trinajstić information content (AvgIpc) is 2.59. The van der Waals surface area contributed by atoms with Gasteiger partial charge in [-0.1, -0.05) is 0 Å². The van der Waals surface area contributed by atoms with Crippen LogP contribution in [0.15, 0.2) is 23.2 Å². The van der Waals surface area contributed by atoms with E-state index in [9.17, 15) is 13.6 Å². The van der Waals surface area contributed by atoms with Gasteiger partial charge in [0.2, 0.25) is 0 Å². The predicted octanol–water partition coefficient (Wildman–Crippen LogP) is 2.93. The molecule has 1 fully saturated rings. The van der Waals surface area contributed by atoms with Crippen LogP contribution >= 0.6 is 24.0 Å². The summed E-state index contributed by atoms with van der Waals surface area (Å²) < 4.78 is 32.0. The van der Waals surface area contributed by atoms with Crippen LogP contribution in [0.5, 0.6) is 0 Å². The van der Waals surface area contributed by atoms with Crippen molar-refractivity contribution < 1.29 is 18.3 Å². The van der Waals surface area contributed by atoms with E-state index in [1.165, 1.54) is 0 Å². The van der Waals surface area contributed by atoms with E-state index in [0.717, 1.165) is 37.6 Å². The molecule has 1 saturated heterocycles. The maximum Gasteiger partial charge on any atom is 0.310 e. The van der Waals surface area contributed by atoms with E-state index in [1.807, 2.05) is 4.90 Å². The quantitative estimate of drug-likeness (QED) is 0.320. The van der Waals surface area contributed by atoms with Crippen molar-refractivity contribution in [2.45, 2.75) is 26.3 Å². The van der Waals surface area contributed by atoms with Crippen LogP contribution in [0.2, 0.25) is 0 Å². The van der Waals surface area contributed by atoms with Crippen LogP contribution in [-0.2, 0) is 16.1 Å². The molecule has 0 bridgehead atoms. The number of ether oxygens (including phenoxy) is 1. The Bertz CT molecular complexity index is 614. The summed E-state index contributed by atoms with van der Waals surface area (Å²) in [7, 11) is 1.62. The third-order valence-electron chi connectivity index (χ3n) is 4.00. The molecular weight excluding hydrogens is 443 g/mol. The molecule has 1 aliphatic heterocycles. The first-order valence-corrected chi connectivity index (χ1v) is 8.11. The molecule has 0 amide bonds. The lowest BCUT2D eigenvalue weighted by Gasteiger charge is -2.34. The van der Waals surface area contributed by atoms with Gasteiger partial charge < -0.3 is 15.0 Å². The second-order valence-electron chi connectivity index (χ2n) is 5.67. The van der Waals surface area contributed by atoms with Crippen LogP contribution in [0.25, 0.3) is 0 Å². The Morgan fingerprint density at radius 1 is 1.44 bits per heavy atom. The van der Waals surface area contributed by atoms with Crippen molar-refractivity contribution in [3.05, 3.63) is 35.4 Å². The number of rotatable bonds is 4. The second-order valence-corrected chi connectivity index (χ2v) is 5.67. The smallest absolute Gasteiger partial charge is 0.310 e. The molecule has 0 spiro atoms. The van der Waals surface area contributed by atoms with E-state index >= 15 is 0 Å². The summed E-state index contributed by atoms with van der Waals surface area (Å²) in [5, 5.41) is 3.03. The molecule has 1 N–H and O–H groups in total. The molecule has 0 aliphatic carbocycles. The first kappa shape index (κ1) is 21.6. The molecule has 0 aromatic heterocycles. The van der Waals surface area contributed by atoms with Crippen LogP contribution in [-0.4, -0.2) is 43.6 Å². The van der Waals surface area contributed by atoms with E-state index in [-0.39, 0.29) is 48.0 Å². The normalized spacial score (nSPS) is 17.7. The number of likely N-dealkylation sites (tertiary alicyclic amines) is 1. The van der Waals surface area contributed by atoms with Gasteiger partial charge in [-0.25, -0.2) is 8.78 Å². The number of aliphatic imine (C=N–C) groups is 1. The predicted molar refractivity (Wildman–Crippen MR) is 103 cm³/mol. The van der Waals surface area contributed by atoms with Gasteiger partial charge in [-0.05, 0) is 38.0 Å². The first-order valence-electron chi connectivity index (χ1n) is 8.11. The number of esters is 1. The summed E-state index contributed by atoms with van der Waals surface area (Å²) in [5.74, 6) is -0.782. The van der Waals surface area contributed by atoms with Crippen LogP contribution < -0.4 is 5.32 Å². The zero-order chi connectivity index (χ0) is 17.5. The molecule has 1 unspecified atom stereocenters. The van der Waals surface area contributed by atoms with Crippen molar-refractivity contribution in [2.75, 3.05) is 26.7 Å². The van der Waals surface area contributed by atoms with Crippen molar-refractivity contribution >= 4 is 35.9 Å². The SMILES string of the molecule is CCOC(=O)C1CCCN(C(=NC)NCc2cc(F)ccc2F)C1.I. The van der Waals surface area contributed by atoms with E-state index in [1.54, 1.807) is 14.0 Å². The minimum absolute atomic E-state index is 0. The number of carbonyl (C=O) groups excluding carboxylic acids is 1. The Morgan fingerprint density at radius 2 is 2.20 bits per heavy atom. The highest BCUT2D eigenvalue weighted by Gasteiger charge is 2.28. The molecule has 2 rings (SSSR count). The average molecular weight is 467 g/mol. The zero-order valence-corrected chi connectivity index (χ0v) is 16.8. The molecule has 140 valence electrons. The van der Waals surface area contributed by atoms with Gasteiger partial charge in [0, 0.05) is 32.2 Å². The first-order chi connectivity index (χ1) is 11.5. The van der Waals surface area contributed by atoms with Crippen molar-refractivity contribution in [3.8, 4) is 0 Å². The topological polar surface area (TPSA) is 53.9 Å². The summed E-state index contributed by atoms with van der Waals surface area (Å²) >= 11 is 0. The highest BCUT2D eigenvalue weighted by molar-refractivity contribution is 14.0. The Labute approximate surface area is 163 Å². The summed E-state index contributed by atoms with van der Waals surface area (Å²) in [4.78, 5) is 18.0. The second kappa shape index (κ2) is 10.5. The molecule has 8 heteroatoms. The molecular formula is C17H24F2IN3O2. The standard InChI is InChI=1S/C17H23F2N3O2.HI/c1-3-24-16(23)12-5-4-8-22(11-12)17(20-2)21-10-13-9-14(18)6-7-15(13)19;/h6-7,9,12H,3-5,8,10-11H2,1-2H3,(H,20,21);1H. The molecule has 5 nitrogen and oxygen atoms in total. The highest BCUT2D eigenvalue weighted by Crippen LogP contribution is 2.18. The fraction of sp³-hybridized carbons (Fsp3) is 0.529. The van der Waals surface area contributed by atoms with Gasteiger partial charge in [0.1, 0.15) is 11.6 Å². The van der Waals surface area contributed by atoms with Gasteiger partial charge in [-0.3, -0.25) is 9.79 Å². The van der Waals surface area contributed by atoms with E-state index < -0.39 is 11.6 Å². The largest absolute Gasteiger partial charge is 0.466 e. The number of hydrogen-bond acceptors (Lipinski definition) is 3. The summed E-state index contributed by atoms with van der Waals surface area (Å²) in [6.45, 7) is 3.52. The van der Waals surface area contributed by atoms with E-state index in [4.69, 9.17) is 4.74 Å². The monoisotopic (exact) mass is 467 g/mol. The van der Waals surface area contributed by atoms with Crippen LogP contribution in [0.3, 0.4) is 0 Å². The number of hydrogen-bond donors (Lipinski definition) is 1. The number of guanidine groups is 1. The lowest BCUT2D eigenvalue weighted by Crippen LogP contribution is -2.48. The van der Waals surface area contributed by atoms with Crippen LogP contribution in [0.1, 0.15) is 25.3 Å². The van der Waals surface area contributed by atoms with Gasteiger partial charge in [0.25, 0.3) is 0 Å². The fourth-order valence-corrected chi connectivity index (χ4v) is 2.81. The number of benzene rings is 1. The number of piperidine rings is 1. The summed E-state index contributed by atoms with van der Waals surface area (Å²) in [6, 6.07) is 3.35. The number of halogens is 3. The Morgan fingerprint density at radius 3 is 2.88 bits per heavy atom. The minimum atomic E-state index is -0.483. The molecule has 1 aliphatic rings. The Balaban J connectivity index is 0.00000312. The molecule has 25 heavy (non-hydrogen) atoms. The molecule has 1 aromatic carbocycles. The molecule has 1 aromatic rings. The maximum absolute atomic E-state index is 13.7.